The highest BCUT2D eigenvalue weighted by molar-refractivity contribution is 5.85. The van der Waals surface area contributed by atoms with E-state index in [0.717, 1.165) is 12.1 Å². The fourth-order valence-corrected chi connectivity index (χ4v) is 1.28. The molecule has 0 fully saturated rings. The van der Waals surface area contributed by atoms with Crippen molar-refractivity contribution < 1.29 is 23.8 Å². The predicted molar refractivity (Wildman–Crippen MR) is 67.2 cm³/mol. The number of halogens is 1. The second kappa shape index (κ2) is 7.15. The standard InChI is InChI=1S/C13H14FNO4/c1-15-12(16)6-7-19-11-4-2-9(8-10(11)14)3-5-13(17)18/h2-5,8H,6-7H2,1H3,(H,15,16)(H,17,18)/b5-3+. The molecular weight excluding hydrogens is 253 g/mol. The molecule has 0 unspecified atom stereocenters. The molecule has 0 saturated carbocycles. The second-order valence-corrected chi connectivity index (χ2v) is 3.63. The normalized spacial score (nSPS) is 10.4. The third-order valence-corrected chi connectivity index (χ3v) is 2.24. The first-order valence-electron chi connectivity index (χ1n) is 5.57. The molecule has 0 aliphatic carbocycles. The van der Waals surface area contributed by atoms with Crippen LogP contribution in [0.2, 0.25) is 0 Å². The average Bonchev–Trinajstić information content (AvgIpc) is 2.38. The summed E-state index contributed by atoms with van der Waals surface area (Å²) in [4.78, 5) is 21.3. The lowest BCUT2D eigenvalue weighted by molar-refractivity contribution is -0.131. The zero-order chi connectivity index (χ0) is 14.3. The molecular formula is C13H14FNO4. The molecule has 0 aromatic heterocycles. The summed E-state index contributed by atoms with van der Waals surface area (Å²) in [5, 5.41) is 10.9. The van der Waals surface area contributed by atoms with Crippen molar-refractivity contribution in [2.75, 3.05) is 13.7 Å². The van der Waals surface area contributed by atoms with Gasteiger partial charge in [0.1, 0.15) is 0 Å². The molecule has 1 amide bonds. The van der Waals surface area contributed by atoms with Crippen molar-refractivity contribution in [3.05, 3.63) is 35.7 Å². The van der Waals surface area contributed by atoms with Gasteiger partial charge in [0.05, 0.1) is 13.0 Å². The van der Waals surface area contributed by atoms with E-state index in [1.54, 1.807) is 0 Å². The van der Waals surface area contributed by atoms with Gasteiger partial charge in [-0.1, -0.05) is 6.07 Å². The fourth-order valence-electron chi connectivity index (χ4n) is 1.28. The number of hydrogen-bond acceptors (Lipinski definition) is 3. The minimum atomic E-state index is -1.11. The van der Waals surface area contributed by atoms with Crippen molar-refractivity contribution in [2.45, 2.75) is 6.42 Å². The van der Waals surface area contributed by atoms with Crippen LogP contribution >= 0.6 is 0 Å². The molecule has 0 saturated heterocycles. The number of carbonyl (C=O) groups excluding carboxylic acids is 1. The largest absolute Gasteiger partial charge is 0.490 e. The van der Waals surface area contributed by atoms with Crippen LogP contribution in [0.3, 0.4) is 0 Å². The van der Waals surface area contributed by atoms with Crippen LogP contribution in [0, 0.1) is 5.82 Å². The highest BCUT2D eigenvalue weighted by atomic mass is 19.1. The summed E-state index contributed by atoms with van der Waals surface area (Å²) in [5.74, 6) is -1.88. The van der Waals surface area contributed by atoms with Crippen molar-refractivity contribution in [2.24, 2.45) is 0 Å². The molecule has 1 aromatic carbocycles. The Bertz CT molecular complexity index is 499. The van der Waals surface area contributed by atoms with Crippen molar-refractivity contribution in [1.82, 2.24) is 5.32 Å². The van der Waals surface area contributed by atoms with E-state index >= 15 is 0 Å². The summed E-state index contributed by atoms with van der Waals surface area (Å²) in [6, 6.07) is 4.08. The van der Waals surface area contributed by atoms with Crippen molar-refractivity contribution in [1.29, 1.82) is 0 Å². The third kappa shape index (κ3) is 5.20. The zero-order valence-corrected chi connectivity index (χ0v) is 10.4. The Hall–Kier alpha value is -2.37. The molecule has 0 heterocycles. The van der Waals surface area contributed by atoms with Gasteiger partial charge in [-0.2, -0.15) is 0 Å². The number of carboxylic acid groups (broad SMARTS) is 1. The summed E-state index contributed by atoms with van der Waals surface area (Å²) in [6.07, 6.45) is 2.33. The van der Waals surface area contributed by atoms with Gasteiger partial charge in [-0.05, 0) is 23.8 Å². The topological polar surface area (TPSA) is 75.6 Å². The maximum Gasteiger partial charge on any atom is 0.328 e. The molecule has 102 valence electrons. The summed E-state index contributed by atoms with van der Waals surface area (Å²) in [5.41, 5.74) is 0.415. The van der Waals surface area contributed by atoms with E-state index in [4.69, 9.17) is 9.84 Å². The van der Waals surface area contributed by atoms with Gasteiger partial charge in [0, 0.05) is 13.1 Å². The quantitative estimate of drug-likeness (QED) is 0.765. The number of carboxylic acids is 1. The fraction of sp³-hybridized carbons (Fsp3) is 0.231. The number of ether oxygens (including phenoxy) is 1. The number of aliphatic carboxylic acids is 1. The number of hydrogen-bond donors (Lipinski definition) is 2. The maximum atomic E-state index is 13.6. The Kier molecular flexibility index (Phi) is 5.53. The van der Waals surface area contributed by atoms with Crippen LogP contribution in [0.5, 0.6) is 5.75 Å². The van der Waals surface area contributed by atoms with Crippen LogP contribution in [-0.4, -0.2) is 30.6 Å². The number of carbonyl (C=O) groups is 2. The molecule has 0 bridgehead atoms. The van der Waals surface area contributed by atoms with Crippen LogP contribution in [0.15, 0.2) is 24.3 Å². The first-order chi connectivity index (χ1) is 9.02. The minimum Gasteiger partial charge on any atom is -0.490 e. The van der Waals surface area contributed by atoms with Gasteiger partial charge >= 0.3 is 5.97 Å². The first-order valence-corrected chi connectivity index (χ1v) is 5.57. The predicted octanol–water partition coefficient (Wildman–Crippen LogP) is 1.44. The Morgan fingerprint density at radius 2 is 2.21 bits per heavy atom. The minimum absolute atomic E-state index is 0.0244. The lowest BCUT2D eigenvalue weighted by Gasteiger charge is -2.07. The van der Waals surface area contributed by atoms with Crippen molar-refractivity contribution in [3.8, 4) is 5.75 Å². The van der Waals surface area contributed by atoms with Gasteiger partial charge in [0.15, 0.2) is 11.6 Å². The summed E-state index contributed by atoms with van der Waals surface area (Å²) < 4.78 is 18.7. The molecule has 1 aromatic rings. The Morgan fingerprint density at radius 1 is 1.47 bits per heavy atom. The van der Waals surface area contributed by atoms with Gasteiger partial charge in [0.25, 0.3) is 0 Å². The number of amides is 1. The molecule has 2 N–H and O–H groups in total. The van der Waals surface area contributed by atoms with Crippen LogP contribution < -0.4 is 10.1 Å². The van der Waals surface area contributed by atoms with Gasteiger partial charge in [-0.3, -0.25) is 4.79 Å². The smallest absolute Gasteiger partial charge is 0.328 e. The summed E-state index contributed by atoms with van der Waals surface area (Å²) in [6.45, 7) is 0.0703. The Balaban J connectivity index is 2.62. The summed E-state index contributed by atoms with van der Waals surface area (Å²) >= 11 is 0. The van der Waals surface area contributed by atoms with Gasteiger partial charge in [-0.15, -0.1) is 0 Å². The number of benzene rings is 1. The highest BCUT2D eigenvalue weighted by Crippen LogP contribution is 2.19. The van der Waals surface area contributed by atoms with Gasteiger partial charge in [0.2, 0.25) is 5.91 Å². The number of nitrogens with one attached hydrogen (secondary N) is 1. The molecule has 19 heavy (non-hydrogen) atoms. The van der Waals surface area contributed by atoms with E-state index in [0.29, 0.717) is 5.56 Å². The van der Waals surface area contributed by atoms with Crippen molar-refractivity contribution >= 4 is 18.0 Å². The second-order valence-electron chi connectivity index (χ2n) is 3.63. The SMILES string of the molecule is CNC(=O)CCOc1ccc(/C=C/C(=O)O)cc1F. The van der Waals surface area contributed by atoms with E-state index in [1.165, 1.54) is 25.3 Å². The third-order valence-electron chi connectivity index (χ3n) is 2.24. The monoisotopic (exact) mass is 267 g/mol. The first kappa shape index (κ1) is 14.7. The van der Waals surface area contributed by atoms with Gasteiger partial charge in [-0.25, -0.2) is 9.18 Å². The van der Waals surface area contributed by atoms with Crippen LogP contribution in [0.1, 0.15) is 12.0 Å². The molecule has 0 spiro atoms. The van der Waals surface area contributed by atoms with E-state index in [1.807, 2.05) is 0 Å². The Morgan fingerprint density at radius 3 is 2.79 bits per heavy atom. The maximum absolute atomic E-state index is 13.6. The molecule has 6 heteroatoms. The lowest BCUT2D eigenvalue weighted by atomic mass is 10.2. The van der Waals surface area contributed by atoms with Gasteiger partial charge < -0.3 is 15.2 Å². The molecule has 1 rings (SSSR count). The van der Waals surface area contributed by atoms with E-state index in [2.05, 4.69) is 5.32 Å². The Labute approximate surface area is 109 Å². The molecule has 0 atom stereocenters. The highest BCUT2D eigenvalue weighted by Gasteiger charge is 2.05. The lowest BCUT2D eigenvalue weighted by Crippen LogP contribution is -2.20. The van der Waals surface area contributed by atoms with E-state index < -0.39 is 11.8 Å². The average molecular weight is 267 g/mol. The van der Waals surface area contributed by atoms with Crippen molar-refractivity contribution in [3.63, 3.8) is 0 Å². The molecule has 0 aliphatic rings. The zero-order valence-electron chi connectivity index (χ0n) is 10.4. The molecule has 0 radical (unpaired) electrons. The molecule has 5 nitrogen and oxygen atoms in total. The van der Waals surface area contributed by atoms with E-state index in [9.17, 15) is 14.0 Å². The van der Waals surface area contributed by atoms with Crippen LogP contribution in [-0.2, 0) is 9.59 Å². The molecule has 0 aliphatic heterocycles. The summed E-state index contributed by atoms with van der Waals surface area (Å²) in [7, 11) is 1.51. The van der Waals surface area contributed by atoms with Crippen LogP contribution in [0.4, 0.5) is 4.39 Å². The number of rotatable bonds is 6. The van der Waals surface area contributed by atoms with E-state index in [-0.39, 0.29) is 24.7 Å². The van der Waals surface area contributed by atoms with Crippen LogP contribution in [0.25, 0.3) is 6.08 Å².